The molecule has 0 aliphatic carbocycles. The number of phosphoric acid groups is 1. The van der Waals surface area contributed by atoms with E-state index in [-0.39, 0.29) is 5.91 Å². The molecule has 4 heterocycles. The number of hydrogen-bond donors (Lipinski definition) is 0. The van der Waals surface area contributed by atoms with Gasteiger partial charge in [-0.2, -0.15) is 0 Å². The maximum absolute atomic E-state index is 11.4. The number of hydrogen-bond acceptors (Lipinski definition) is 5. The zero-order valence-corrected chi connectivity index (χ0v) is 7.11. The van der Waals surface area contributed by atoms with Crippen LogP contribution in [0.1, 0.15) is 0 Å². The smallest absolute Gasteiger partial charge is 0.338 e. The number of carbonyl (C=O) groups excluding carboxylic acids is 1. The first-order valence-electron chi connectivity index (χ1n) is 3.51. The van der Waals surface area contributed by atoms with Gasteiger partial charge >= 0.3 is 7.82 Å². The molecule has 12 heavy (non-hydrogen) atoms. The molecule has 4 rings (SSSR count). The van der Waals surface area contributed by atoms with Crippen LogP contribution in [0.4, 0.5) is 0 Å². The molecule has 0 radical (unpaired) electrons. The molecule has 0 aromatic rings. The Morgan fingerprint density at radius 1 is 1.67 bits per heavy atom. The number of likely N-dealkylation sites (N-methyl/N-ethyl adjacent to an activating group) is 1. The zero-order valence-electron chi connectivity index (χ0n) is 6.22. The maximum atomic E-state index is 11.4. The summed E-state index contributed by atoms with van der Waals surface area (Å²) in [7, 11) is -1.68. The van der Waals surface area contributed by atoms with E-state index < -0.39 is 19.7 Å². The van der Waals surface area contributed by atoms with Crippen molar-refractivity contribution in [1.82, 2.24) is 4.90 Å². The molecule has 1 amide bonds. The topological polar surface area (TPSA) is 65.1 Å². The molecule has 0 saturated carbocycles. The summed E-state index contributed by atoms with van der Waals surface area (Å²) in [6.07, 6.45) is -0.513. The van der Waals surface area contributed by atoms with E-state index >= 15 is 0 Å². The first-order valence-corrected chi connectivity index (χ1v) is 4.97. The van der Waals surface area contributed by atoms with Gasteiger partial charge in [-0.1, -0.05) is 0 Å². The third-order valence-corrected chi connectivity index (χ3v) is 3.76. The summed E-state index contributed by atoms with van der Waals surface area (Å²) in [4.78, 5) is 12.8. The average molecular weight is 191 g/mol. The van der Waals surface area contributed by atoms with Crippen molar-refractivity contribution in [3.8, 4) is 0 Å². The summed E-state index contributed by atoms with van der Waals surface area (Å²) >= 11 is 0. The molecule has 1 spiro atoms. The number of nitrogens with zero attached hydrogens (tertiary/aromatic N) is 1. The lowest BCUT2D eigenvalue weighted by atomic mass is 10.2. The van der Waals surface area contributed by atoms with Gasteiger partial charge in [0.05, 0.1) is 6.54 Å². The molecule has 1 atom stereocenters. The third kappa shape index (κ3) is 0.527. The lowest BCUT2D eigenvalue weighted by molar-refractivity contribution is -0.189. The summed E-state index contributed by atoms with van der Waals surface area (Å²) in [5.41, 5.74) is 0. The highest BCUT2D eigenvalue weighted by molar-refractivity contribution is 7.50. The molecule has 0 aromatic carbocycles. The molecule has 66 valence electrons. The molecule has 4 aliphatic rings. The van der Waals surface area contributed by atoms with Gasteiger partial charge in [0.2, 0.25) is 0 Å². The predicted molar refractivity (Wildman–Crippen MR) is 35.0 cm³/mol. The molecular weight excluding hydrogens is 185 g/mol. The summed E-state index contributed by atoms with van der Waals surface area (Å²) < 4.78 is 25.7. The fourth-order valence-corrected chi connectivity index (χ4v) is 3.36. The summed E-state index contributed by atoms with van der Waals surface area (Å²) in [6.45, 7) is 0.378. The number of rotatable bonds is 0. The minimum absolute atomic E-state index is 0.309. The molecule has 0 N–H and O–H groups in total. The first-order chi connectivity index (χ1) is 5.56. The lowest BCUT2D eigenvalue weighted by Gasteiger charge is -2.31. The number of phosphoric ester groups is 1. The molecule has 4 aliphatic heterocycles. The van der Waals surface area contributed by atoms with Gasteiger partial charge in [-0.3, -0.25) is 9.32 Å². The fraction of sp³-hybridized carbons (Fsp3) is 0.800. The fourth-order valence-electron chi connectivity index (χ4n) is 1.69. The Bertz CT molecular complexity index is 318. The van der Waals surface area contributed by atoms with Crippen LogP contribution >= 0.6 is 7.82 Å². The average Bonchev–Trinajstić information content (AvgIpc) is 2.40. The Labute approximate surface area is 68.0 Å². The van der Waals surface area contributed by atoms with Crippen LogP contribution in [-0.4, -0.2) is 36.3 Å². The van der Waals surface area contributed by atoms with Gasteiger partial charge < -0.3 is 4.90 Å². The van der Waals surface area contributed by atoms with Gasteiger partial charge in [-0.25, -0.2) is 13.6 Å². The molecule has 0 aromatic heterocycles. The van der Waals surface area contributed by atoms with Crippen molar-refractivity contribution in [3.63, 3.8) is 0 Å². The second kappa shape index (κ2) is 1.61. The quantitative estimate of drug-likeness (QED) is 0.492. The van der Waals surface area contributed by atoms with Gasteiger partial charge in [-0.05, 0) is 0 Å². The molecular formula is C5H6NO5P. The Hall–Kier alpha value is -0.420. The molecule has 4 fully saturated rings. The summed E-state index contributed by atoms with van der Waals surface area (Å²) in [5.74, 6) is -1.67. The minimum Gasteiger partial charge on any atom is -0.338 e. The van der Waals surface area contributed by atoms with E-state index in [1.54, 1.807) is 7.05 Å². The van der Waals surface area contributed by atoms with E-state index in [2.05, 4.69) is 0 Å². The van der Waals surface area contributed by atoms with Crippen LogP contribution in [0, 0.1) is 0 Å². The van der Waals surface area contributed by atoms with Gasteiger partial charge in [-0.15, -0.1) is 0 Å². The number of amides is 1. The molecule has 7 heteroatoms. The Morgan fingerprint density at radius 3 is 2.92 bits per heavy atom. The second-order valence-electron chi connectivity index (χ2n) is 3.08. The molecule has 6 nitrogen and oxygen atoms in total. The third-order valence-electron chi connectivity index (χ3n) is 2.26. The van der Waals surface area contributed by atoms with Crippen molar-refractivity contribution >= 4 is 13.7 Å². The summed E-state index contributed by atoms with van der Waals surface area (Å²) in [5, 5.41) is 0. The van der Waals surface area contributed by atoms with E-state index in [0.717, 1.165) is 0 Å². The van der Waals surface area contributed by atoms with Crippen LogP contribution in [-0.2, 0) is 22.9 Å². The monoisotopic (exact) mass is 191 g/mol. The highest BCUT2D eigenvalue weighted by Gasteiger charge is 2.78. The van der Waals surface area contributed by atoms with Crippen LogP contribution in [0.25, 0.3) is 0 Å². The van der Waals surface area contributed by atoms with Crippen LogP contribution in [0.3, 0.4) is 0 Å². The zero-order chi connectivity index (χ0) is 8.56. The van der Waals surface area contributed by atoms with E-state index in [4.69, 9.17) is 13.6 Å². The van der Waals surface area contributed by atoms with Crippen molar-refractivity contribution in [1.29, 1.82) is 0 Å². The van der Waals surface area contributed by atoms with E-state index in [1.165, 1.54) is 4.90 Å². The molecule has 1 unspecified atom stereocenters. The van der Waals surface area contributed by atoms with Gasteiger partial charge in [0.1, 0.15) is 0 Å². The van der Waals surface area contributed by atoms with Crippen LogP contribution < -0.4 is 0 Å². The second-order valence-corrected chi connectivity index (χ2v) is 4.55. The Kier molecular flexibility index (Phi) is 0.941. The van der Waals surface area contributed by atoms with Crippen molar-refractivity contribution in [3.05, 3.63) is 0 Å². The SMILES string of the molecule is CN1CC2OP3(=O)OC2(O3)C1=O. The summed E-state index contributed by atoms with van der Waals surface area (Å²) in [6, 6.07) is 0. The van der Waals surface area contributed by atoms with Gasteiger partial charge in [0.15, 0.2) is 6.10 Å². The molecule has 4 saturated heterocycles. The lowest BCUT2D eigenvalue weighted by Crippen LogP contribution is -2.48. The van der Waals surface area contributed by atoms with Crippen LogP contribution in [0.15, 0.2) is 0 Å². The Morgan fingerprint density at radius 2 is 2.33 bits per heavy atom. The van der Waals surface area contributed by atoms with Gasteiger partial charge in [0, 0.05) is 7.05 Å². The standard InChI is InChI=1S/C5H6NO5P/c1-6-2-3-5(4(6)7)10-12(8,9-3)11-5/h3H,2H2,1H3. The van der Waals surface area contributed by atoms with Crippen molar-refractivity contribution in [2.75, 3.05) is 13.6 Å². The number of likely N-dealkylation sites (tertiary alicyclic amines) is 1. The Balaban J connectivity index is 2.06. The van der Waals surface area contributed by atoms with Crippen molar-refractivity contribution in [2.45, 2.75) is 11.9 Å². The molecule has 2 bridgehead atoms. The minimum atomic E-state index is -3.30. The van der Waals surface area contributed by atoms with Crippen LogP contribution in [0.2, 0.25) is 0 Å². The normalized spacial score (nSPS) is 55.6. The van der Waals surface area contributed by atoms with Crippen molar-refractivity contribution in [2.24, 2.45) is 0 Å². The van der Waals surface area contributed by atoms with Crippen molar-refractivity contribution < 1.29 is 22.9 Å². The van der Waals surface area contributed by atoms with E-state index in [0.29, 0.717) is 6.54 Å². The van der Waals surface area contributed by atoms with Gasteiger partial charge in [0.25, 0.3) is 11.7 Å². The highest BCUT2D eigenvalue weighted by Crippen LogP contribution is 2.75. The highest BCUT2D eigenvalue weighted by atomic mass is 31.2. The largest absolute Gasteiger partial charge is 0.481 e. The number of carbonyl (C=O) groups is 1. The van der Waals surface area contributed by atoms with E-state index in [1.807, 2.05) is 0 Å². The van der Waals surface area contributed by atoms with E-state index in [9.17, 15) is 9.36 Å². The van der Waals surface area contributed by atoms with Crippen LogP contribution in [0.5, 0.6) is 0 Å². The first kappa shape index (κ1) is 7.03. The maximum Gasteiger partial charge on any atom is 0.481 e. The predicted octanol–water partition coefficient (Wildman–Crippen LogP) is -0.292.